The molecule has 8 heteroatoms. The molecule has 0 radical (unpaired) electrons. The van der Waals surface area contributed by atoms with E-state index in [0.717, 1.165) is 5.56 Å². The molecule has 1 unspecified atom stereocenters. The van der Waals surface area contributed by atoms with E-state index in [9.17, 15) is 23.2 Å². The van der Waals surface area contributed by atoms with Crippen LogP contribution in [0.4, 0.5) is 14.5 Å². The van der Waals surface area contributed by atoms with Crippen molar-refractivity contribution in [3.63, 3.8) is 0 Å². The van der Waals surface area contributed by atoms with Gasteiger partial charge in [-0.05, 0) is 18.1 Å². The number of halogens is 2. The number of hydrogen-bond donors (Lipinski definition) is 2. The topological polar surface area (TPSA) is 86.7 Å². The number of benzene rings is 1. The van der Waals surface area contributed by atoms with Crippen molar-refractivity contribution >= 4 is 23.5 Å². The number of alkyl halides is 2. The third-order valence-electron chi connectivity index (χ3n) is 3.54. The molecule has 124 valence electrons. The molecule has 1 aromatic rings. The molecule has 2 rings (SSSR count). The minimum absolute atomic E-state index is 0.240. The molecule has 2 amide bonds. The molecule has 0 bridgehead atoms. The molecule has 6 nitrogen and oxygen atoms in total. The van der Waals surface area contributed by atoms with Gasteiger partial charge in [-0.3, -0.25) is 9.59 Å². The Labute approximate surface area is 131 Å². The number of para-hydroxylation sites is 1. The van der Waals surface area contributed by atoms with Crippen molar-refractivity contribution in [3.05, 3.63) is 29.8 Å². The number of rotatable bonds is 6. The number of amides is 2. The Kier molecular flexibility index (Phi) is 5.25. The summed E-state index contributed by atoms with van der Waals surface area (Å²) in [5.41, 5.74) is 1.49. The molecule has 0 spiro atoms. The van der Waals surface area contributed by atoms with Crippen molar-refractivity contribution in [1.82, 2.24) is 5.32 Å². The smallest absolute Gasteiger partial charge is 0.326 e. The number of carboxylic acid groups (broad SMARTS) is 1. The molecule has 0 saturated heterocycles. The lowest BCUT2D eigenvalue weighted by Gasteiger charge is -2.29. The Balaban J connectivity index is 2.07. The van der Waals surface area contributed by atoms with Crippen molar-refractivity contribution < 1.29 is 28.3 Å². The Hall–Kier alpha value is -2.51. The van der Waals surface area contributed by atoms with Crippen molar-refractivity contribution in [2.45, 2.75) is 31.7 Å². The molecule has 23 heavy (non-hydrogen) atoms. The first kappa shape index (κ1) is 16.9. The number of carboxylic acids is 1. The highest BCUT2D eigenvalue weighted by Gasteiger charge is 2.28. The van der Waals surface area contributed by atoms with Crippen LogP contribution in [0.5, 0.6) is 0 Å². The predicted molar refractivity (Wildman–Crippen MR) is 77.3 cm³/mol. The minimum Gasteiger partial charge on any atom is -0.480 e. The zero-order valence-electron chi connectivity index (χ0n) is 12.2. The zero-order chi connectivity index (χ0) is 17.0. The van der Waals surface area contributed by atoms with Crippen molar-refractivity contribution in [2.24, 2.45) is 0 Å². The van der Waals surface area contributed by atoms with E-state index < -0.39 is 37.3 Å². The van der Waals surface area contributed by atoms with E-state index in [2.05, 4.69) is 0 Å². The quantitative estimate of drug-likeness (QED) is 0.822. The van der Waals surface area contributed by atoms with Gasteiger partial charge in [-0.25, -0.2) is 13.6 Å². The van der Waals surface area contributed by atoms with Crippen molar-refractivity contribution in [1.29, 1.82) is 0 Å². The lowest BCUT2D eigenvalue weighted by Crippen LogP contribution is -2.48. The number of aryl methyl sites for hydroxylation is 1. The number of hydrogen-bond acceptors (Lipinski definition) is 3. The summed E-state index contributed by atoms with van der Waals surface area (Å²) in [7, 11) is 0. The van der Waals surface area contributed by atoms with Gasteiger partial charge in [-0.1, -0.05) is 18.2 Å². The van der Waals surface area contributed by atoms with E-state index in [1.807, 2.05) is 17.4 Å². The van der Waals surface area contributed by atoms with E-state index in [0.29, 0.717) is 12.1 Å². The van der Waals surface area contributed by atoms with Gasteiger partial charge >= 0.3 is 5.97 Å². The first-order valence-corrected chi connectivity index (χ1v) is 7.07. The number of anilines is 1. The van der Waals surface area contributed by atoms with Gasteiger partial charge in [-0.2, -0.15) is 0 Å². The molecule has 1 aliphatic rings. The van der Waals surface area contributed by atoms with Crippen LogP contribution in [-0.4, -0.2) is 41.9 Å². The summed E-state index contributed by atoms with van der Waals surface area (Å²) >= 11 is 0. The monoisotopic (exact) mass is 326 g/mol. The first-order chi connectivity index (χ1) is 10.9. The summed E-state index contributed by atoms with van der Waals surface area (Å²) in [6.07, 6.45) is -3.03. The molecule has 0 aliphatic carbocycles. The maximum atomic E-state index is 12.3. The van der Waals surface area contributed by atoms with E-state index >= 15 is 0 Å². The summed E-state index contributed by atoms with van der Waals surface area (Å²) in [6, 6.07) is 5.38. The predicted octanol–water partition coefficient (Wildman–Crippen LogP) is 1.19. The average Bonchev–Trinajstić information content (AvgIpc) is 2.49. The van der Waals surface area contributed by atoms with Gasteiger partial charge in [0.05, 0.1) is 0 Å². The molecule has 0 saturated carbocycles. The van der Waals surface area contributed by atoms with Crippen LogP contribution >= 0.6 is 0 Å². The maximum absolute atomic E-state index is 12.3. The number of carbonyl (C=O) groups is 3. The van der Waals surface area contributed by atoms with Crippen molar-refractivity contribution in [3.8, 4) is 0 Å². The zero-order valence-corrected chi connectivity index (χ0v) is 12.2. The third kappa shape index (κ3) is 4.24. The largest absolute Gasteiger partial charge is 0.480 e. The summed E-state index contributed by atoms with van der Waals surface area (Å²) in [5, 5.41) is 10.9. The van der Waals surface area contributed by atoms with Gasteiger partial charge in [0.1, 0.15) is 12.6 Å². The lowest BCUT2D eigenvalue weighted by molar-refractivity contribution is -0.142. The number of aliphatic carboxylic acids is 1. The van der Waals surface area contributed by atoms with Crippen LogP contribution in [0.3, 0.4) is 0 Å². The minimum atomic E-state index is -2.85. The van der Waals surface area contributed by atoms with E-state index in [4.69, 9.17) is 5.11 Å². The van der Waals surface area contributed by atoms with Gasteiger partial charge in [0.25, 0.3) is 0 Å². The Morgan fingerprint density at radius 3 is 2.61 bits per heavy atom. The highest BCUT2D eigenvalue weighted by molar-refractivity contribution is 6.01. The van der Waals surface area contributed by atoms with Gasteiger partial charge in [0.2, 0.25) is 18.2 Å². The second kappa shape index (κ2) is 7.17. The van der Waals surface area contributed by atoms with E-state index in [1.165, 1.54) is 4.90 Å². The highest BCUT2D eigenvalue weighted by atomic mass is 19.3. The summed E-state index contributed by atoms with van der Waals surface area (Å²) in [5.74, 6) is -2.59. The molecular formula is C15H16F2N2O4. The Morgan fingerprint density at radius 1 is 1.26 bits per heavy atom. The second-order valence-corrected chi connectivity index (χ2v) is 5.19. The SMILES string of the molecule is O=C(CN1C(=O)CCc2ccccc21)NC(CC(F)F)C(=O)O. The first-order valence-electron chi connectivity index (χ1n) is 7.07. The third-order valence-corrected chi connectivity index (χ3v) is 3.54. The van der Waals surface area contributed by atoms with Crippen molar-refractivity contribution in [2.75, 3.05) is 11.4 Å². The summed E-state index contributed by atoms with van der Waals surface area (Å²) in [4.78, 5) is 36.1. The summed E-state index contributed by atoms with van der Waals surface area (Å²) in [6.45, 7) is -0.400. The van der Waals surface area contributed by atoms with Gasteiger partial charge in [-0.15, -0.1) is 0 Å². The standard InChI is InChI=1S/C15H16F2N2O4/c16-12(17)7-10(15(22)23)18-13(20)8-19-11-4-2-1-3-9(11)5-6-14(19)21/h1-4,10,12H,5-8H2,(H,18,20)(H,22,23). The fourth-order valence-corrected chi connectivity index (χ4v) is 2.45. The summed E-state index contributed by atoms with van der Waals surface area (Å²) < 4.78 is 24.7. The molecule has 0 fully saturated rings. The number of nitrogens with one attached hydrogen (secondary N) is 1. The van der Waals surface area contributed by atoms with Crippen LogP contribution in [0.25, 0.3) is 0 Å². The van der Waals surface area contributed by atoms with Gasteiger partial charge in [0.15, 0.2) is 0 Å². The molecule has 1 heterocycles. The molecular weight excluding hydrogens is 310 g/mol. The average molecular weight is 326 g/mol. The normalized spacial score (nSPS) is 15.3. The van der Waals surface area contributed by atoms with E-state index in [-0.39, 0.29) is 12.3 Å². The molecule has 1 aromatic carbocycles. The van der Waals surface area contributed by atoms with Gasteiger partial charge in [0, 0.05) is 18.5 Å². The molecule has 2 N–H and O–H groups in total. The molecule has 1 aliphatic heterocycles. The maximum Gasteiger partial charge on any atom is 0.326 e. The van der Waals surface area contributed by atoms with Crippen LogP contribution in [0.15, 0.2) is 24.3 Å². The molecule has 0 aromatic heterocycles. The van der Waals surface area contributed by atoms with Gasteiger partial charge < -0.3 is 15.3 Å². The highest BCUT2D eigenvalue weighted by Crippen LogP contribution is 2.27. The molecule has 1 atom stereocenters. The van der Waals surface area contributed by atoms with Crippen LogP contribution in [0, 0.1) is 0 Å². The number of carbonyl (C=O) groups excluding carboxylic acids is 2. The fraction of sp³-hybridized carbons (Fsp3) is 0.400. The van der Waals surface area contributed by atoms with Crippen LogP contribution in [0.2, 0.25) is 0 Å². The van der Waals surface area contributed by atoms with Crippen LogP contribution in [-0.2, 0) is 20.8 Å². The van der Waals surface area contributed by atoms with E-state index in [1.54, 1.807) is 12.1 Å². The number of fused-ring (bicyclic) bond motifs is 1. The lowest BCUT2D eigenvalue weighted by atomic mass is 10.0. The Morgan fingerprint density at radius 2 is 1.96 bits per heavy atom. The van der Waals surface area contributed by atoms with Crippen LogP contribution < -0.4 is 10.2 Å². The number of nitrogens with zero attached hydrogens (tertiary/aromatic N) is 1. The second-order valence-electron chi connectivity index (χ2n) is 5.19. The Bertz CT molecular complexity index is 621. The van der Waals surface area contributed by atoms with Crippen LogP contribution in [0.1, 0.15) is 18.4 Å². The fourth-order valence-electron chi connectivity index (χ4n) is 2.45.